The first-order valence-electron chi connectivity index (χ1n) is 8.49. The molecule has 0 bridgehead atoms. The van der Waals surface area contributed by atoms with E-state index < -0.39 is 17.5 Å². The molecule has 1 aromatic carbocycles. The average Bonchev–Trinajstić information content (AvgIpc) is 2.54. The number of rotatable bonds is 11. The second-order valence-electron chi connectivity index (χ2n) is 6.02. The summed E-state index contributed by atoms with van der Waals surface area (Å²) in [5, 5.41) is 8.72. The standard InChI is InChI=1S/C19H28O4/c1-3-5-9-14-19(4-2,15-16-10-7-6-8-11-16)23-18(22)13-12-17(20)21/h6-8,10-11H,3-5,9,12-15H2,1-2H3,(H,20,21). The lowest BCUT2D eigenvalue weighted by Crippen LogP contribution is -2.37. The van der Waals surface area contributed by atoms with Crippen LogP contribution in [0.3, 0.4) is 0 Å². The lowest BCUT2D eigenvalue weighted by molar-refractivity contribution is -0.163. The van der Waals surface area contributed by atoms with Gasteiger partial charge < -0.3 is 9.84 Å². The minimum absolute atomic E-state index is 0.0698. The Kier molecular flexibility index (Phi) is 8.38. The van der Waals surface area contributed by atoms with Gasteiger partial charge in [0.15, 0.2) is 0 Å². The van der Waals surface area contributed by atoms with Crippen LogP contribution in [-0.2, 0) is 20.7 Å². The number of ether oxygens (including phenoxy) is 1. The van der Waals surface area contributed by atoms with Gasteiger partial charge in [0.2, 0.25) is 0 Å². The molecule has 0 saturated heterocycles. The third-order valence-corrected chi connectivity index (χ3v) is 4.12. The minimum Gasteiger partial charge on any atom is -0.481 e. The monoisotopic (exact) mass is 320 g/mol. The van der Waals surface area contributed by atoms with Crippen molar-refractivity contribution in [3.8, 4) is 0 Å². The van der Waals surface area contributed by atoms with Crippen LogP contribution in [0.4, 0.5) is 0 Å². The zero-order valence-corrected chi connectivity index (χ0v) is 14.2. The summed E-state index contributed by atoms with van der Waals surface area (Å²) in [4.78, 5) is 22.7. The van der Waals surface area contributed by atoms with E-state index in [-0.39, 0.29) is 12.8 Å². The van der Waals surface area contributed by atoms with Crippen molar-refractivity contribution in [1.82, 2.24) is 0 Å². The SMILES string of the molecule is CCCCCC(CC)(Cc1ccccc1)OC(=O)CCC(=O)O. The number of hydrogen-bond acceptors (Lipinski definition) is 3. The molecule has 1 aromatic rings. The Bertz CT molecular complexity index is 483. The summed E-state index contributed by atoms with van der Waals surface area (Å²) in [6.07, 6.45) is 5.17. The van der Waals surface area contributed by atoms with Gasteiger partial charge in [-0.25, -0.2) is 0 Å². The quantitative estimate of drug-likeness (QED) is 0.486. The highest BCUT2D eigenvalue weighted by Crippen LogP contribution is 2.29. The van der Waals surface area contributed by atoms with Crippen LogP contribution < -0.4 is 0 Å². The van der Waals surface area contributed by atoms with E-state index in [0.717, 1.165) is 37.7 Å². The van der Waals surface area contributed by atoms with Gasteiger partial charge in [-0.3, -0.25) is 9.59 Å². The zero-order chi connectivity index (χ0) is 17.1. The Hall–Kier alpha value is -1.84. The van der Waals surface area contributed by atoms with Crippen molar-refractivity contribution in [3.05, 3.63) is 35.9 Å². The van der Waals surface area contributed by atoms with E-state index in [0.29, 0.717) is 6.42 Å². The maximum absolute atomic E-state index is 12.1. The molecule has 4 heteroatoms. The van der Waals surface area contributed by atoms with E-state index in [4.69, 9.17) is 9.84 Å². The number of carbonyl (C=O) groups is 2. The highest BCUT2D eigenvalue weighted by atomic mass is 16.6. The summed E-state index contributed by atoms with van der Waals surface area (Å²) in [5.41, 5.74) is 0.600. The molecule has 1 N–H and O–H groups in total. The van der Waals surface area contributed by atoms with Crippen LogP contribution in [0.25, 0.3) is 0 Å². The molecule has 1 atom stereocenters. The van der Waals surface area contributed by atoms with E-state index in [2.05, 4.69) is 6.92 Å². The number of carboxylic acid groups (broad SMARTS) is 1. The number of aliphatic carboxylic acids is 1. The molecule has 0 spiro atoms. The van der Waals surface area contributed by atoms with E-state index in [9.17, 15) is 9.59 Å². The normalized spacial score (nSPS) is 13.3. The van der Waals surface area contributed by atoms with Gasteiger partial charge in [0.25, 0.3) is 0 Å². The maximum Gasteiger partial charge on any atom is 0.306 e. The van der Waals surface area contributed by atoms with Crippen molar-refractivity contribution in [2.45, 2.75) is 70.8 Å². The van der Waals surface area contributed by atoms with E-state index >= 15 is 0 Å². The zero-order valence-electron chi connectivity index (χ0n) is 14.2. The fraction of sp³-hybridized carbons (Fsp3) is 0.579. The Morgan fingerprint density at radius 2 is 1.78 bits per heavy atom. The average molecular weight is 320 g/mol. The summed E-state index contributed by atoms with van der Waals surface area (Å²) >= 11 is 0. The summed E-state index contributed by atoms with van der Waals surface area (Å²) in [6, 6.07) is 10.00. The predicted molar refractivity (Wildman–Crippen MR) is 90.3 cm³/mol. The molecule has 1 rings (SSSR count). The van der Waals surface area contributed by atoms with Gasteiger partial charge in [0, 0.05) is 6.42 Å². The molecule has 0 aliphatic carbocycles. The molecule has 1 unspecified atom stereocenters. The van der Waals surface area contributed by atoms with Crippen molar-refractivity contribution in [3.63, 3.8) is 0 Å². The summed E-state index contributed by atoms with van der Waals surface area (Å²) in [6.45, 7) is 4.17. The molecule has 128 valence electrons. The smallest absolute Gasteiger partial charge is 0.306 e. The number of hydrogen-bond donors (Lipinski definition) is 1. The molecule has 23 heavy (non-hydrogen) atoms. The van der Waals surface area contributed by atoms with Crippen LogP contribution >= 0.6 is 0 Å². The van der Waals surface area contributed by atoms with Crippen LogP contribution in [0.15, 0.2) is 30.3 Å². The van der Waals surface area contributed by atoms with Gasteiger partial charge in [-0.2, -0.15) is 0 Å². The largest absolute Gasteiger partial charge is 0.481 e. The highest BCUT2D eigenvalue weighted by molar-refractivity contribution is 5.76. The summed E-state index contributed by atoms with van der Waals surface area (Å²) in [5.74, 6) is -1.39. The predicted octanol–water partition coefficient (Wildman–Crippen LogP) is 4.37. The topological polar surface area (TPSA) is 63.6 Å². The summed E-state index contributed by atoms with van der Waals surface area (Å²) in [7, 11) is 0. The van der Waals surface area contributed by atoms with Crippen molar-refractivity contribution in [2.24, 2.45) is 0 Å². The second kappa shape index (κ2) is 10.0. The van der Waals surface area contributed by atoms with Crippen LogP contribution in [-0.4, -0.2) is 22.6 Å². The molecule has 0 aliphatic heterocycles. The van der Waals surface area contributed by atoms with Gasteiger partial charge in [0.05, 0.1) is 12.8 Å². The lowest BCUT2D eigenvalue weighted by atomic mass is 9.86. The summed E-state index contributed by atoms with van der Waals surface area (Å²) < 4.78 is 5.79. The van der Waals surface area contributed by atoms with E-state index in [1.54, 1.807) is 0 Å². The number of benzene rings is 1. The third kappa shape index (κ3) is 7.31. The van der Waals surface area contributed by atoms with Gasteiger partial charge in [-0.15, -0.1) is 0 Å². The Balaban J connectivity index is 2.80. The Labute approximate surface area is 138 Å². The molecule has 0 aliphatic rings. The third-order valence-electron chi connectivity index (χ3n) is 4.12. The van der Waals surface area contributed by atoms with Crippen LogP contribution in [0, 0.1) is 0 Å². The van der Waals surface area contributed by atoms with E-state index in [1.165, 1.54) is 0 Å². The fourth-order valence-corrected chi connectivity index (χ4v) is 2.72. The van der Waals surface area contributed by atoms with Crippen LogP contribution in [0.2, 0.25) is 0 Å². The molecule has 0 amide bonds. The van der Waals surface area contributed by atoms with Gasteiger partial charge in [-0.1, -0.05) is 57.0 Å². The first-order valence-corrected chi connectivity index (χ1v) is 8.49. The molecule has 0 saturated carbocycles. The van der Waals surface area contributed by atoms with Gasteiger partial charge in [0.1, 0.15) is 5.60 Å². The Morgan fingerprint density at radius 3 is 2.35 bits per heavy atom. The van der Waals surface area contributed by atoms with Crippen LogP contribution in [0.5, 0.6) is 0 Å². The number of carbonyl (C=O) groups excluding carboxylic acids is 1. The highest BCUT2D eigenvalue weighted by Gasteiger charge is 2.32. The second-order valence-corrected chi connectivity index (χ2v) is 6.02. The molecular weight excluding hydrogens is 292 g/mol. The molecule has 4 nitrogen and oxygen atoms in total. The van der Waals surface area contributed by atoms with Crippen molar-refractivity contribution in [1.29, 1.82) is 0 Å². The van der Waals surface area contributed by atoms with Crippen LogP contribution in [0.1, 0.15) is 64.4 Å². The first kappa shape index (κ1) is 19.2. The maximum atomic E-state index is 12.1. The van der Waals surface area contributed by atoms with Gasteiger partial charge >= 0.3 is 11.9 Å². The Morgan fingerprint density at radius 1 is 1.09 bits per heavy atom. The minimum atomic E-state index is -0.974. The number of esters is 1. The molecule has 0 heterocycles. The lowest BCUT2D eigenvalue weighted by Gasteiger charge is -2.33. The molecule has 0 radical (unpaired) electrons. The number of unbranched alkanes of at least 4 members (excludes halogenated alkanes) is 2. The van der Waals surface area contributed by atoms with E-state index in [1.807, 2.05) is 37.3 Å². The molecular formula is C19H28O4. The molecule has 0 aromatic heterocycles. The first-order chi connectivity index (χ1) is 11.0. The van der Waals surface area contributed by atoms with Crippen molar-refractivity contribution >= 4 is 11.9 Å². The molecule has 0 fully saturated rings. The number of carboxylic acids is 1. The van der Waals surface area contributed by atoms with Crippen molar-refractivity contribution < 1.29 is 19.4 Å². The van der Waals surface area contributed by atoms with Gasteiger partial charge in [-0.05, 0) is 24.8 Å². The van der Waals surface area contributed by atoms with Crippen molar-refractivity contribution in [2.75, 3.05) is 0 Å². The fourth-order valence-electron chi connectivity index (χ4n) is 2.72.